The molecule has 0 bridgehead atoms. The van der Waals surface area contributed by atoms with Crippen molar-refractivity contribution in [1.82, 2.24) is 4.57 Å². The highest BCUT2D eigenvalue weighted by atomic mass is 15.1. The molecule has 0 N–H and O–H groups in total. The van der Waals surface area contributed by atoms with Crippen LogP contribution < -0.4 is 4.90 Å². The molecule has 1 aliphatic rings. The van der Waals surface area contributed by atoms with Gasteiger partial charge in [-0.2, -0.15) is 0 Å². The summed E-state index contributed by atoms with van der Waals surface area (Å²) in [6, 6.07) is 102. The summed E-state index contributed by atoms with van der Waals surface area (Å²) >= 11 is 0. The van der Waals surface area contributed by atoms with Crippen molar-refractivity contribution in [2.24, 2.45) is 0 Å². The second kappa shape index (κ2) is 16.7. The van der Waals surface area contributed by atoms with E-state index in [9.17, 15) is 0 Å². The quantitative estimate of drug-likeness (QED) is 0.140. The Morgan fingerprint density at radius 2 is 0.754 bits per heavy atom. The van der Waals surface area contributed by atoms with Gasteiger partial charge in [0.25, 0.3) is 0 Å². The molecule has 0 saturated heterocycles. The van der Waals surface area contributed by atoms with Crippen LogP contribution in [-0.4, -0.2) is 4.57 Å². The molecule has 0 atom stereocenters. The topological polar surface area (TPSA) is 8.17 Å². The lowest BCUT2D eigenvalue weighted by Crippen LogP contribution is -2.29. The van der Waals surface area contributed by atoms with E-state index in [4.69, 9.17) is 0 Å². The molecule has 69 heavy (non-hydrogen) atoms. The number of nitrogens with zero attached hydrogens (tertiary/aromatic N) is 2. The predicted molar refractivity (Wildman–Crippen MR) is 289 cm³/mol. The van der Waals surface area contributed by atoms with Gasteiger partial charge in [0.1, 0.15) is 0 Å². The van der Waals surface area contributed by atoms with E-state index in [0.717, 1.165) is 28.2 Å². The third-order valence-electron chi connectivity index (χ3n) is 14.3. The number of anilines is 3. The van der Waals surface area contributed by atoms with Crippen LogP contribution in [0.25, 0.3) is 72.0 Å². The first-order valence-electron chi connectivity index (χ1n) is 23.8. The van der Waals surface area contributed by atoms with Crippen molar-refractivity contribution in [1.29, 1.82) is 0 Å². The Hall–Kier alpha value is -8.98. The molecule has 0 unspecified atom stereocenters. The molecular formula is C67H46N2. The lowest BCUT2D eigenvalue weighted by molar-refractivity contribution is 0.762. The molecule has 2 heteroatoms. The number of rotatable bonds is 9. The highest BCUT2D eigenvalue weighted by Gasteiger charge is 2.48. The molecule has 2 nitrogen and oxygen atoms in total. The van der Waals surface area contributed by atoms with Gasteiger partial charge in [-0.15, -0.1) is 0 Å². The molecule has 0 saturated carbocycles. The maximum atomic E-state index is 2.54. The zero-order valence-electron chi connectivity index (χ0n) is 38.0. The highest BCUT2D eigenvalue weighted by Crippen LogP contribution is 2.58. The van der Waals surface area contributed by atoms with Crippen LogP contribution in [0.4, 0.5) is 17.1 Å². The fourth-order valence-corrected chi connectivity index (χ4v) is 11.2. The molecule has 0 aliphatic heterocycles. The molecule has 1 aromatic heterocycles. The normalized spacial score (nSPS) is 12.5. The molecule has 0 fully saturated rings. The van der Waals surface area contributed by atoms with E-state index in [-0.39, 0.29) is 0 Å². The second-order valence-corrected chi connectivity index (χ2v) is 18.0. The summed E-state index contributed by atoms with van der Waals surface area (Å²) in [5, 5.41) is 2.46. The van der Waals surface area contributed by atoms with Crippen molar-refractivity contribution in [2.45, 2.75) is 5.41 Å². The monoisotopic (exact) mass is 878 g/mol. The number of para-hydroxylation sites is 1. The SMILES string of the molecule is c1ccc(-c2ccc(N(c3ccc(-c4ccccc4)cc3)c3cccc(-c4ccc5c6ccccc6n(-c6cccc7c6C(c6ccccc6)(c6ccccc6)c6ccccc6-7)c5c4)c3)cc2)cc1. The molecule has 0 spiro atoms. The zero-order valence-corrected chi connectivity index (χ0v) is 38.0. The summed E-state index contributed by atoms with van der Waals surface area (Å²) in [6.07, 6.45) is 0. The maximum Gasteiger partial charge on any atom is 0.0734 e. The van der Waals surface area contributed by atoms with Gasteiger partial charge in [0, 0.05) is 33.4 Å². The molecular weight excluding hydrogens is 833 g/mol. The first-order valence-corrected chi connectivity index (χ1v) is 23.8. The summed E-state index contributed by atoms with van der Waals surface area (Å²) in [5.74, 6) is 0. The van der Waals surface area contributed by atoms with Gasteiger partial charge in [-0.25, -0.2) is 0 Å². The number of fused-ring (bicyclic) bond motifs is 6. The first-order chi connectivity index (χ1) is 34.2. The van der Waals surface area contributed by atoms with E-state index in [1.165, 1.54) is 83.1 Å². The van der Waals surface area contributed by atoms with Crippen molar-refractivity contribution < 1.29 is 0 Å². The van der Waals surface area contributed by atoms with E-state index in [2.05, 4.69) is 289 Å². The molecule has 324 valence electrons. The molecule has 0 amide bonds. The van der Waals surface area contributed by atoms with Crippen LogP contribution in [-0.2, 0) is 5.41 Å². The molecule has 11 aromatic carbocycles. The van der Waals surface area contributed by atoms with Crippen LogP contribution in [0.2, 0.25) is 0 Å². The Morgan fingerprint density at radius 1 is 0.290 bits per heavy atom. The first kappa shape index (κ1) is 40.3. The molecule has 1 heterocycles. The molecule has 1 aliphatic carbocycles. The van der Waals surface area contributed by atoms with Crippen molar-refractivity contribution >= 4 is 38.9 Å². The van der Waals surface area contributed by atoms with Crippen molar-refractivity contribution in [3.8, 4) is 50.2 Å². The van der Waals surface area contributed by atoms with Crippen molar-refractivity contribution in [2.75, 3.05) is 4.90 Å². The van der Waals surface area contributed by atoms with E-state index >= 15 is 0 Å². The van der Waals surface area contributed by atoms with Gasteiger partial charge in [-0.3, -0.25) is 0 Å². The van der Waals surface area contributed by atoms with E-state index in [1.807, 2.05) is 0 Å². The van der Waals surface area contributed by atoms with Gasteiger partial charge >= 0.3 is 0 Å². The lowest BCUT2D eigenvalue weighted by Gasteiger charge is -2.35. The third-order valence-corrected chi connectivity index (χ3v) is 14.3. The van der Waals surface area contributed by atoms with Crippen molar-refractivity contribution in [3.05, 3.63) is 301 Å². The Labute approximate surface area is 403 Å². The Kier molecular flexibility index (Phi) is 9.77. The molecule has 12 aromatic rings. The van der Waals surface area contributed by atoms with Crippen LogP contribution in [0.5, 0.6) is 0 Å². The minimum atomic E-state index is -0.559. The molecule has 13 rings (SSSR count). The average molecular weight is 879 g/mol. The van der Waals surface area contributed by atoms with Crippen LogP contribution in [0.3, 0.4) is 0 Å². The maximum absolute atomic E-state index is 2.54. The van der Waals surface area contributed by atoms with Crippen LogP contribution in [0, 0.1) is 0 Å². The van der Waals surface area contributed by atoms with Crippen LogP contribution >= 0.6 is 0 Å². The minimum Gasteiger partial charge on any atom is -0.310 e. The summed E-state index contributed by atoms with van der Waals surface area (Å²) in [4.78, 5) is 2.38. The Morgan fingerprint density at radius 3 is 1.39 bits per heavy atom. The van der Waals surface area contributed by atoms with E-state index < -0.39 is 5.41 Å². The summed E-state index contributed by atoms with van der Waals surface area (Å²) in [7, 11) is 0. The van der Waals surface area contributed by atoms with E-state index in [1.54, 1.807) is 0 Å². The van der Waals surface area contributed by atoms with Gasteiger partial charge in [-0.05, 0) is 116 Å². The summed E-state index contributed by atoms with van der Waals surface area (Å²) < 4.78 is 2.54. The lowest BCUT2D eigenvalue weighted by atomic mass is 9.67. The standard InChI is InChI=1S/C67H46N2/c1-5-19-47(20-6-1)49-35-40-55(41-36-49)68(56-42-37-50(38-43-56)48-21-7-2-8-22-48)57-28-17-23-51(45-57)52-39-44-60-59-30-14-16-33-63(59)69(65(60)46-52)64-34-18-31-61-58-29-13-15-32-62(58)67(66(61)64,53-24-9-3-10-25-53)54-26-11-4-12-27-54/h1-46H. The largest absolute Gasteiger partial charge is 0.310 e. The van der Waals surface area contributed by atoms with Gasteiger partial charge in [0.2, 0.25) is 0 Å². The molecule has 0 radical (unpaired) electrons. The summed E-state index contributed by atoms with van der Waals surface area (Å²) in [5.41, 5.74) is 21.0. The minimum absolute atomic E-state index is 0.559. The smallest absolute Gasteiger partial charge is 0.0734 e. The third kappa shape index (κ3) is 6.64. The fourth-order valence-electron chi connectivity index (χ4n) is 11.2. The van der Waals surface area contributed by atoms with Gasteiger partial charge in [0.15, 0.2) is 0 Å². The number of aromatic nitrogens is 1. The van der Waals surface area contributed by atoms with Gasteiger partial charge in [0.05, 0.1) is 22.1 Å². The Bertz CT molecular complexity index is 3680. The van der Waals surface area contributed by atoms with Crippen LogP contribution in [0.15, 0.2) is 279 Å². The highest BCUT2D eigenvalue weighted by molar-refractivity contribution is 6.11. The second-order valence-electron chi connectivity index (χ2n) is 18.0. The number of hydrogen-bond donors (Lipinski definition) is 0. The van der Waals surface area contributed by atoms with Gasteiger partial charge < -0.3 is 9.47 Å². The summed E-state index contributed by atoms with van der Waals surface area (Å²) in [6.45, 7) is 0. The number of hydrogen-bond acceptors (Lipinski definition) is 1. The van der Waals surface area contributed by atoms with Gasteiger partial charge in [-0.1, -0.05) is 224 Å². The fraction of sp³-hybridized carbons (Fsp3) is 0.0149. The average Bonchev–Trinajstić information content (AvgIpc) is 3.93. The van der Waals surface area contributed by atoms with E-state index in [0.29, 0.717) is 0 Å². The zero-order chi connectivity index (χ0) is 45.7. The van der Waals surface area contributed by atoms with Crippen molar-refractivity contribution in [3.63, 3.8) is 0 Å². The Balaban J connectivity index is 0.993. The van der Waals surface area contributed by atoms with Crippen LogP contribution in [0.1, 0.15) is 22.3 Å². The number of benzene rings is 11. The predicted octanol–water partition coefficient (Wildman–Crippen LogP) is 17.6.